The number of amides is 1. The molecular formula is C9H9ClFNO4S. The van der Waals surface area contributed by atoms with E-state index in [1.54, 1.807) is 6.92 Å². The van der Waals surface area contributed by atoms with Crippen molar-refractivity contribution in [1.82, 2.24) is 0 Å². The molecule has 1 aromatic carbocycles. The Morgan fingerprint density at radius 1 is 1.53 bits per heavy atom. The highest BCUT2D eigenvalue weighted by Crippen LogP contribution is 2.22. The fourth-order valence-corrected chi connectivity index (χ4v) is 1.96. The number of hydrogen-bond acceptors (Lipinski definition) is 4. The van der Waals surface area contributed by atoms with E-state index >= 15 is 0 Å². The maximum absolute atomic E-state index is 13.3. The number of nitrogens with one attached hydrogen (secondary N) is 1. The van der Waals surface area contributed by atoms with E-state index in [4.69, 9.17) is 10.7 Å². The van der Waals surface area contributed by atoms with Gasteiger partial charge >= 0.3 is 6.09 Å². The Morgan fingerprint density at radius 3 is 2.65 bits per heavy atom. The molecular weight excluding hydrogens is 273 g/mol. The van der Waals surface area contributed by atoms with E-state index in [1.807, 2.05) is 0 Å². The van der Waals surface area contributed by atoms with Crippen molar-refractivity contribution in [3.63, 3.8) is 0 Å². The number of carbonyl (C=O) groups excluding carboxylic acids is 1. The minimum atomic E-state index is -4.14. The third kappa shape index (κ3) is 3.86. The fourth-order valence-electron chi connectivity index (χ4n) is 1.06. The maximum atomic E-state index is 13.3. The maximum Gasteiger partial charge on any atom is 0.411 e. The standard InChI is InChI=1S/C9H9ClFNO4S/c1-2-16-9(13)12-6-3-4-8(7(11)5-6)17(10,14)15/h3-5H,2H2,1H3,(H,12,13). The van der Waals surface area contributed by atoms with Gasteiger partial charge in [-0.25, -0.2) is 17.6 Å². The molecule has 0 radical (unpaired) electrons. The number of rotatable bonds is 3. The van der Waals surface area contributed by atoms with Crippen LogP contribution in [0.4, 0.5) is 14.9 Å². The molecule has 0 aliphatic heterocycles. The van der Waals surface area contributed by atoms with Crippen LogP contribution in [0.15, 0.2) is 23.1 Å². The highest BCUT2D eigenvalue weighted by molar-refractivity contribution is 8.13. The molecule has 8 heteroatoms. The molecule has 1 N–H and O–H groups in total. The lowest BCUT2D eigenvalue weighted by Crippen LogP contribution is -2.13. The van der Waals surface area contributed by atoms with E-state index < -0.39 is 25.9 Å². The summed E-state index contributed by atoms with van der Waals surface area (Å²) in [4.78, 5) is 10.4. The van der Waals surface area contributed by atoms with Crippen LogP contribution >= 0.6 is 10.7 Å². The first-order chi connectivity index (χ1) is 7.84. The molecule has 0 unspecified atom stereocenters. The van der Waals surface area contributed by atoms with Gasteiger partial charge in [0.05, 0.1) is 6.61 Å². The number of halogens is 2. The number of ether oxygens (including phenoxy) is 1. The Labute approximate surface area is 102 Å². The van der Waals surface area contributed by atoms with Crippen LogP contribution in [0.3, 0.4) is 0 Å². The molecule has 0 aliphatic carbocycles. The number of hydrogen-bond donors (Lipinski definition) is 1. The van der Waals surface area contributed by atoms with Gasteiger partial charge in [-0.3, -0.25) is 5.32 Å². The molecule has 0 heterocycles. The van der Waals surface area contributed by atoms with Gasteiger partial charge in [0.1, 0.15) is 10.7 Å². The van der Waals surface area contributed by atoms with Gasteiger partial charge in [0, 0.05) is 16.4 Å². The average Bonchev–Trinajstić information content (AvgIpc) is 2.15. The van der Waals surface area contributed by atoms with Gasteiger partial charge in [-0.1, -0.05) is 0 Å². The Balaban J connectivity index is 2.94. The van der Waals surface area contributed by atoms with Gasteiger partial charge in [-0.05, 0) is 25.1 Å². The zero-order valence-electron chi connectivity index (χ0n) is 8.74. The summed E-state index contributed by atoms with van der Waals surface area (Å²) in [5.74, 6) is -1.05. The van der Waals surface area contributed by atoms with Crippen LogP contribution in [0.1, 0.15) is 6.92 Å². The summed E-state index contributed by atoms with van der Waals surface area (Å²) in [5, 5.41) is 2.22. The minimum absolute atomic E-state index is 0.0741. The van der Waals surface area contributed by atoms with Crippen LogP contribution in [0, 0.1) is 5.82 Å². The van der Waals surface area contributed by atoms with Crippen LogP contribution in [0.25, 0.3) is 0 Å². The van der Waals surface area contributed by atoms with Gasteiger partial charge in [0.15, 0.2) is 0 Å². The smallest absolute Gasteiger partial charge is 0.411 e. The van der Waals surface area contributed by atoms with Gasteiger partial charge in [0.25, 0.3) is 9.05 Å². The molecule has 0 bridgehead atoms. The Kier molecular flexibility index (Phi) is 4.30. The van der Waals surface area contributed by atoms with Crippen molar-refractivity contribution in [2.45, 2.75) is 11.8 Å². The van der Waals surface area contributed by atoms with Crippen molar-refractivity contribution >= 4 is 31.5 Å². The first-order valence-electron chi connectivity index (χ1n) is 4.52. The van der Waals surface area contributed by atoms with Gasteiger partial charge < -0.3 is 4.74 Å². The second-order valence-corrected chi connectivity index (χ2v) is 5.46. The lowest BCUT2D eigenvalue weighted by Gasteiger charge is -2.06. The monoisotopic (exact) mass is 281 g/mol. The molecule has 0 aliphatic rings. The highest BCUT2D eigenvalue weighted by Gasteiger charge is 2.16. The van der Waals surface area contributed by atoms with E-state index in [9.17, 15) is 17.6 Å². The largest absolute Gasteiger partial charge is 0.450 e. The number of benzene rings is 1. The predicted molar refractivity (Wildman–Crippen MR) is 60.1 cm³/mol. The minimum Gasteiger partial charge on any atom is -0.450 e. The summed E-state index contributed by atoms with van der Waals surface area (Å²) in [6.45, 7) is 1.78. The summed E-state index contributed by atoms with van der Waals surface area (Å²) in [6, 6.07) is 3.00. The second-order valence-electron chi connectivity index (χ2n) is 2.93. The van der Waals surface area contributed by atoms with Crippen molar-refractivity contribution < 1.29 is 22.3 Å². The predicted octanol–water partition coefficient (Wildman–Crippen LogP) is 2.32. The second kappa shape index (κ2) is 5.33. The van der Waals surface area contributed by atoms with Crippen LogP contribution in [0.5, 0.6) is 0 Å². The molecule has 0 saturated carbocycles. The molecule has 1 amide bonds. The third-order valence-electron chi connectivity index (χ3n) is 1.72. The molecule has 94 valence electrons. The third-order valence-corrected chi connectivity index (χ3v) is 3.07. The molecule has 17 heavy (non-hydrogen) atoms. The number of carbonyl (C=O) groups is 1. The zero-order chi connectivity index (χ0) is 13.1. The lowest BCUT2D eigenvalue weighted by molar-refractivity contribution is 0.168. The van der Waals surface area contributed by atoms with Crippen molar-refractivity contribution in [3.05, 3.63) is 24.0 Å². The van der Waals surface area contributed by atoms with E-state index in [2.05, 4.69) is 10.1 Å². The lowest BCUT2D eigenvalue weighted by atomic mass is 10.3. The Bertz CT molecular complexity index is 532. The summed E-state index contributed by atoms with van der Waals surface area (Å²) < 4.78 is 39.7. The molecule has 0 saturated heterocycles. The first kappa shape index (κ1) is 13.7. The molecule has 1 aromatic rings. The van der Waals surface area contributed by atoms with Gasteiger partial charge in [0.2, 0.25) is 0 Å². The Hall–Kier alpha value is -1.34. The van der Waals surface area contributed by atoms with E-state index in [-0.39, 0.29) is 12.3 Å². The van der Waals surface area contributed by atoms with Crippen LogP contribution in [-0.2, 0) is 13.8 Å². The SMILES string of the molecule is CCOC(=O)Nc1ccc(S(=O)(=O)Cl)c(F)c1. The van der Waals surface area contributed by atoms with E-state index in [0.717, 1.165) is 12.1 Å². The summed E-state index contributed by atoms with van der Waals surface area (Å²) in [7, 11) is 0.856. The summed E-state index contributed by atoms with van der Waals surface area (Å²) in [5.41, 5.74) is 0.0741. The summed E-state index contributed by atoms with van der Waals surface area (Å²) >= 11 is 0. The molecule has 0 atom stereocenters. The van der Waals surface area contributed by atoms with Crippen LogP contribution < -0.4 is 5.32 Å². The Morgan fingerprint density at radius 2 is 2.18 bits per heavy atom. The van der Waals surface area contributed by atoms with Crippen LogP contribution in [-0.4, -0.2) is 21.1 Å². The van der Waals surface area contributed by atoms with E-state index in [1.165, 1.54) is 6.07 Å². The average molecular weight is 282 g/mol. The summed E-state index contributed by atoms with van der Waals surface area (Å²) in [6.07, 6.45) is -0.756. The quantitative estimate of drug-likeness (QED) is 0.863. The normalized spacial score (nSPS) is 11.0. The number of anilines is 1. The molecule has 1 rings (SSSR count). The molecule has 0 fully saturated rings. The van der Waals surface area contributed by atoms with Gasteiger partial charge in [-0.2, -0.15) is 0 Å². The van der Waals surface area contributed by atoms with Crippen molar-refractivity contribution in [1.29, 1.82) is 0 Å². The zero-order valence-corrected chi connectivity index (χ0v) is 10.3. The van der Waals surface area contributed by atoms with Crippen LogP contribution in [0.2, 0.25) is 0 Å². The van der Waals surface area contributed by atoms with Gasteiger partial charge in [-0.15, -0.1) is 0 Å². The molecule has 0 spiro atoms. The van der Waals surface area contributed by atoms with Crippen molar-refractivity contribution in [2.24, 2.45) is 0 Å². The molecule has 0 aromatic heterocycles. The van der Waals surface area contributed by atoms with Crippen molar-refractivity contribution in [3.8, 4) is 0 Å². The first-order valence-corrected chi connectivity index (χ1v) is 6.83. The topological polar surface area (TPSA) is 72.5 Å². The van der Waals surface area contributed by atoms with Crippen molar-refractivity contribution in [2.75, 3.05) is 11.9 Å². The van der Waals surface area contributed by atoms with E-state index in [0.29, 0.717) is 0 Å². The fraction of sp³-hybridized carbons (Fsp3) is 0.222. The molecule has 5 nitrogen and oxygen atoms in total. The highest BCUT2D eigenvalue weighted by atomic mass is 35.7.